The molecule has 5 heteroatoms. The highest BCUT2D eigenvalue weighted by Gasteiger charge is 2.19. The van der Waals surface area contributed by atoms with Crippen molar-refractivity contribution in [2.24, 2.45) is 5.92 Å². The van der Waals surface area contributed by atoms with E-state index < -0.39 is 5.97 Å². The summed E-state index contributed by atoms with van der Waals surface area (Å²) < 4.78 is 1.72. The molecular formula is C9H13N3O2. The molecule has 76 valence electrons. The van der Waals surface area contributed by atoms with Crippen LogP contribution in [0.15, 0.2) is 6.20 Å². The molecule has 1 aromatic heterocycles. The molecule has 0 aliphatic heterocycles. The van der Waals surface area contributed by atoms with E-state index in [4.69, 9.17) is 5.11 Å². The maximum absolute atomic E-state index is 10.5. The number of rotatable bonds is 4. The van der Waals surface area contributed by atoms with Crippen molar-refractivity contribution in [2.75, 3.05) is 0 Å². The van der Waals surface area contributed by atoms with Crippen molar-refractivity contribution in [3.05, 3.63) is 11.9 Å². The van der Waals surface area contributed by atoms with Crippen LogP contribution in [0.5, 0.6) is 0 Å². The number of hydrogen-bond donors (Lipinski definition) is 1. The molecule has 5 nitrogen and oxygen atoms in total. The summed E-state index contributed by atoms with van der Waals surface area (Å²) in [5.74, 6) is -0.161. The minimum atomic E-state index is -0.831. The van der Waals surface area contributed by atoms with Gasteiger partial charge in [0.15, 0.2) is 0 Å². The monoisotopic (exact) mass is 195 g/mol. The highest BCUT2D eigenvalue weighted by molar-refractivity contribution is 5.69. The molecule has 0 saturated heterocycles. The summed E-state index contributed by atoms with van der Waals surface area (Å²) >= 11 is 0. The van der Waals surface area contributed by atoms with Gasteiger partial charge in [0, 0.05) is 6.54 Å². The second kappa shape index (κ2) is 3.77. The summed E-state index contributed by atoms with van der Waals surface area (Å²) in [4.78, 5) is 10.5. The average molecular weight is 195 g/mol. The van der Waals surface area contributed by atoms with Gasteiger partial charge in [0.1, 0.15) is 0 Å². The third kappa shape index (κ3) is 1.92. The highest BCUT2D eigenvalue weighted by Crippen LogP contribution is 2.27. The zero-order chi connectivity index (χ0) is 9.97. The van der Waals surface area contributed by atoms with E-state index >= 15 is 0 Å². The van der Waals surface area contributed by atoms with E-state index in [0.29, 0.717) is 11.6 Å². The van der Waals surface area contributed by atoms with Crippen molar-refractivity contribution >= 4 is 5.97 Å². The fraction of sp³-hybridized carbons (Fsp3) is 0.667. The SMILES string of the molecule is O=C(O)Cc1cnnn1CC1CCC1. The van der Waals surface area contributed by atoms with Gasteiger partial charge < -0.3 is 5.11 Å². The van der Waals surface area contributed by atoms with E-state index in [1.807, 2.05) is 0 Å². The molecule has 0 atom stereocenters. The molecule has 1 aliphatic rings. The van der Waals surface area contributed by atoms with Crippen molar-refractivity contribution in [3.8, 4) is 0 Å². The summed E-state index contributed by atoms with van der Waals surface area (Å²) in [7, 11) is 0. The molecule has 1 N–H and O–H groups in total. The van der Waals surface area contributed by atoms with Crippen molar-refractivity contribution < 1.29 is 9.90 Å². The van der Waals surface area contributed by atoms with Crippen LogP contribution >= 0.6 is 0 Å². The lowest BCUT2D eigenvalue weighted by Gasteiger charge is -2.25. The topological polar surface area (TPSA) is 68.0 Å². The predicted octanol–water partition coefficient (Wildman–Crippen LogP) is 0.705. The fourth-order valence-corrected chi connectivity index (χ4v) is 1.64. The number of aromatic nitrogens is 3. The van der Waals surface area contributed by atoms with Crippen molar-refractivity contribution in [1.29, 1.82) is 0 Å². The van der Waals surface area contributed by atoms with E-state index in [1.165, 1.54) is 25.5 Å². The Kier molecular flexibility index (Phi) is 2.47. The first kappa shape index (κ1) is 9.18. The van der Waals surface area contributed by atoms with E-state index in [-0.39, 0.29) is 6.42 Å². The van der Waals surface area contributed by atoms with Crippen LogP contribution in [0.4, 0.5) is 0 Å². The Morgan fingerprint density at radius 2 is 2.43 bits per heavy atom. The molecule has 14 heavy (non-hydrogen) atoms. The summed E-state index contributed by atoms with van der Waals surface area (Å²) in [5, 5.41) is 16.3. The van der Waals surface area contributed by atoms with Gasteiger partial charge in [-0.05, 0) is 18.8 Å². The summed E-state index contributed by atoms with van der Waals surface area (Å²) in [5.41, 5.74) is 0.699. The number of hydrogen-bond acceptors (Lipinski definition) is 3. The molecule has 0 unspecified atom stereocenters. The molecule has 1 fully saturated rings. The van der Waals surface area contributed by atoms with Crippen LogP contribution in [0, 0.1) is 5.92 Å². The lowest BCUT2D eigenvalue weighted by molar-refractivity contribution is -0.136. The Balaban J connectivity index is 2.00. The normalized spacial score (nSPS) is 16.6. The minimum absolute atomic E-state index is 0.0136. The molecule has 0 amide bonds. The molecule has 1 aromatic rings. The van der Waals surface area contributed by atoms with Gasteiger partial charge in [0.25, 0.3) is 0 Å². The van der Waals surface area contributed by atoms with Gasteiger partial charge in [0.2, 0.25) is 0 Å². The number of carboxylic acid groups (broad SMARTS) is 1. The minimum Gasteiger partial charge on any atom is -0.481 e. The van der Waals surface area contributed by atoms with Gasteiger partial charge >= 0.3 is 5.97 Å². The number of aliphatic carboxylic acids is 1. The van der Waals surface area contributed by atoms with E-state index in [1.54, 1.807) is 4.68 Å². The Labute approximate surface area is 81.7 Å². The van der Waals surface area contributed by atoms with Crippen LogP contribution in [0.1, 0.15) is 25.0 Å². The maximum Gasteiger partial charge on any atom is 0.309 e. The highest BCUT2D eigenvalue weighted by atomic mass is 16.4. The second-order valence-corrected chi connectivity index (χ2v) is 3.77. The molecule has 2 rings (SSSR count). The molecule has 0 spiro atoms. The first-order chi connectivity index (χ1) is 6.75. The fourth-order valence-electron chi connectivity index (χ4n) is 1.64. The Bertz CT molecular complexity index is 331. The molecule has 1 saturated carbocycles. The quantitative estimate of drug-likeness (QED) is 0.768. The zero-order valence-corrected chi connectivity index (χ0v) is 7.89. The largest absolute Gasteiger partial charge is 0.481 e. The predicted molar refractivity (Wildman–Crippen MR) is 48.7 cm³/mol. The molecule has 1 aliphatic carbocycles. The average Bonchev–Trinajstić information content (AvgIpc) is 2.44. The van der Waals surface area contributed by atoms with Gasteiger partial charge in [-0.2, -0.15) is 0 Å². The smallest absolute Gasteiger partial charge is 0.309 e. The standard InChI is InChI=1S/C9H13N3O2/c13-9(14)4-8-5-10-11-12(8)6-7-2-1-3-7/h5,7H,1-4,6H2,(H,13,14). The van der Waals surface area contributed by atoms with Gasteiger partial charge in [0.05, 0.1) is 18.3 Å². The van der Waals surface area contributed by atoms with Crippen LogP contribution in [-0.2, 0) is 17.8 Å². The van der Waals surface area contributed by atoms with Crippen molar-refractivity contribution in [3.63, 3.8) is 0 Å². The third-order valence-electron chi connectivity index (χ3n) is 2.69. The lowest BCUT2D eigenvalue weighted by Crippen LogP contribution is -2.21. The Morgan fingerprint density at radius 1 is 1.64 bits per heavy atom. The zero-order valence-electron chi connectivity index (χ0n) is 7.89. The Hall–Kier alpha value is -1.39. The molecular weight excluding hydrogens is 182 g/mol. The molecule has 0 aromatic carbocycles. The summed E-state index contributed by atoms with van der Waals surface area (Å²) in [6.45, 7) is 0.822. The number of nitrogens with zero attached hydrogens (tertiary/aromatic N) is 3. The van der Waals surface area contributed by atoms with E-state index in [9.17, 15) is 4.79 Å². The summed E-state index contributed by atoms with van der Waals surface area (Å²) in [6, 6.07) is 0. The van der Waals surface area contributed by atoms with Gasteiger partial charge in [-0.3, -0.25) is 4.79 Å². The van der Waals surface area contributed by atoms with Crippen LogP contribution in [0.25, 0.3) is 0 Å². The number of carbonyl (C=O) groups is 1. The number of carboxylic acids is 1. The Morgan fingerprint density at radius 3 is 3.00 bits per heavy atom. The summed E-state index contributed by atoms with van der Waals surface area (Å²) in [6.07, 6.45) is 5.29. The van der Waals surface area contributed by atoms with Gasteiger partial charge in [-0.25, -0.2) is 4.68 Å². The van der Waals surface area contributed by atoms with Crippen LogP contribution in [0.3, 0.4) is 0 Å². The first-order valence-electron chi connectivity index (χ1n) is 4.85. The van der Waals surface area contributed by atoms with Gasteiger partial charge in [-0.15, -0.1) is 5.10 Å². The van der Waals surface area contributed by atoms with Crippen molar-refractivity contribution in [2.45, 2.75) is 32.2 Å². The lowest BCUT2D eigenvalue weighted by atomic mass is 9.85. The van der Waals surface area contributed by atoms with Crippen LogP contribution in [0.2, 0.25) is 0 Å². The molecule has 0 bridgehead atoms. The maximum atomic E-state index is 10.5. The van der Waals surface area contributed by atoms with E-state index in [2.05, 4.69) is 10.3 Å². The van der Waals surface area contributed by atoms with Crippen LogP contribution in [-0.4, -0.2) is 26.1 Å². The third-order valence-corrected chi connectivity index (χ3v) is 2.69. The molecule has 1 heterocycles. The second-order valence-electron chi connectivity index (χ2n) is 3.77. The van der Waals surface area contributed by atoms with Gasteiger partial charge in [-0.1, -0.05) is 11.6 Å². The molecule has 0 radical (unpaired) electrons. The van der Waals surface area contributed by atoms with Crippen molar-refractivity contribution in [1.82, 2.24) is 15.0 Å². The first-order valence-corrected chi connectivity index (χ1v) is 4.85. The van der Waals surface area contributed by atoms with E-state index in [0.717, 1.165) is 6.54 Å². The van der Waals surface area contributed by atoms with Crippen LogP contribution < -0.4 is 0 Å².